The normalized spacial score (nSPS) is 15.3. The number of rotatable bonds is 4. The van der Waals surface area contributed by atoms with Crippen molar-refractivity contribution in [3.63, 3.8) is 0 Å². The SMILES string of the molecule is Cc1ccccc1N1C(=O)/C(=C/c2ccc(-c3ccc(C(=O)O)c(Cl)c3)o2)SC1=S. The summed E-state index contributed by atoms with van der Waals surface area (Å²) in [6.07, 6.45) is 1.65. The number of carbonyl (C=O) groups excluding carboxylic acids is 1. The number of hydrogen-bond donors (Lipinski definition) is 1. The smallest absolute Gasteiger partial charge is 0.337 e. The van der Waals surface area contributed by atoms with Gasteiger partial charge in [0.05, 0.1) is 21.2 Å². The monoisotopic (exact) mass is 455 g/mol. The average Bonchev–Trinajstić information content (AvgIpc) is 3.27. The molecule has 1 fully saturated rings. The summed E-state index contributed by atoms with van der Waals surface area (Å²) in [4.78, 5) is 26.0. The van der Waals surface area contributed by atoms with E-state index in [1.165, 1.54) is 28.8 Å². The maximum absolute atomic E-state index is 12.9. The number of carboxylic acid groups (broad SMARTS) is 1. The Labute approximate surface area is 186 Å². The van der Waals surface area contributed by atoms with Gasteiger partial charge in [-0.25, -0.2) is 4.79 Å². The number of nitrogens with zero attached hydrogens (tertiary/aromatic N) is 1. The second-order valence-electron chi connectivity index (χ2n) is 6.51. The Morgan fingerprint density at radius 3 is 2.67 bits per heavy atom. The lowest BCUT2D eigenvalue weighted by atomic mass is 10.1. The first-order valence-corrected chi connectivity index (χ1v) is 10.4. The van der Waals surface area contributed by atoms with Crippen molar-refractivity contribution >= 4 is 63.5 Å². The van der Waals surface area contributed by atoms with Gasteiger partial charge in [-0.1, -0.05) is 59.8 Å². The topological polar surface area (TPSA) is 70.8 Å². The first-order valence-electron chi connectivity index (χ1n) is 8.82. The lowest BCUT2D eigenvalue weighted by Gasteiger charge is -2.16. The van der Waals surface area contributed by atoms with Gasteiger partial charge in [-0.2, -0.15) is 0 Å². The largest absolute Gasteiger partial charge is 0.478 e. The highest BCUT2D eigenvalue weighted by Gasteiger charge is 2.34. The highest BCUT2D eigenvalue weighted by atomic mass is 35.5. The second-order valence-corrected chi connectivity index (χ2v) is 8.59. The zero-order chi connectivity index (χ0) is 21.4. The summed E-state index contributed by atoms with van der Waals surface area (Å²) in [5, 5.41) is 9.22. The molecule has 0 radical (unpaired) electrons. The summed E-state index contributed by atoms with van der Waals surface area (Å²) in [7, 11) is 0. The molecule has 5 nitrogen and oxygen atoms in total. The minimum atomic E-state index is -1.10. The van der Waals surface area contributed by atoms with E-state index in [-0.39, 0.29) is 16.5 Å². The molecule has 4 rings (SSSR count). The molecule has 1 saturated heterocycles. The number of aryl methyl sites for hydroxylation is 1. The molecule has 150 valence electrons. The summed E-state index contributed by atoms with van der Waals surface area (Å²) in [5.41, 5.74) is 2.37. The van der Waals surface area contributed by atoms with Crippen LogP contribution in [-0.2, 0) is 4.79 Å². The molecule has 1 aromatic heterocycles. The van der Waals surface area contributed by atoms with E-state index < -0.39 is 5.97 Å². The zero-order valence-corrected chi connectivity index (χ0v) is 18.0. The molecule has 0 unspecified atom stereocenters. The van der Waals surface area contributed by atoms with Gasteiger partial charge in [-0.15, -0.1) is 0 Å². The molecule has 2 aromatic carbocycles. The van der Waals surface area contributed by atoms with Crippen LogP contribution in [0.5, 0.6) is 0 Å². The number of amides is 1. The average molecular weight is 456 g/mol. The quantitative estimate of drug-likeness (QED) is 0.383. The van der Waals surface area contributed by atoms with E-state index in [2.05, 4.69) is 0 Å². The van der Waals surface area contributed by atoms with E-state index in [0.717, 1.165) is 11.3 Å². The summed E-state index contributed by atoms with van der Waals surface area (Å²) in [6.45, 7) is 1.93. The van der Waals surface area contributed by atoms with Crippen LogP contribution in [0.4, 0.5) is 5.69 Å². The van der Waals surface area contributed by atoms with Crippen LogP contribution in [0, 0.1) is 6.92 Å². The van der Waals surface area contributed by atoms with Gasteiger partial charge in [0.1, 0.15) is 11.5 Å². The van der Waals surface area contributed by atoms with Crippen molar-refractivity contribution in [2.24, 2.45) is 0 Å². The molecule has 3 aromatic rings. The van der Waals surface area contributed by atoms with Crippen LogP contribution in [-0.4, -0.2) is 21.3 Å². The lowest BCUT2D eigenvalue weighted by molar-refractivity contribution is -0.113. The molecule has 0 spiro atoms. The Balaban J connectivity index is 1.61. The predicted molar refractivity (Wildman–Crippen MR) is 123 cm³/mol. The van der Waals surface area contributed by atoms with Crippen molar-refractivity contribution in [3.8, 4) is 11.3 Å². The predicted octanol–water partition coefficient (Wildman–Crippen LogP) is 6.01. The van der Waals surface area contributed by atoms with Crippen molar-refractivity contribution in [1.82, 2.24) is 0 Å². The fourth-order valence-electron chi connectivity index (χ4n) is 3.05. The number of furan rings is 1. The first kappa shape index (κ1) is 20.4. The molecule has 0 aliphatic carbocycles. The Bertz CT molecular complexity index is 1230. The number of halogens is 1. The fraction of sp³-hybridized carbons (Fsp3) is 0.0455. The van der Waals surface area contributed by atoms with Crippen molar-refractivity contribution in [1.29, 1.82) is 0 Å². The highest BCUT2D eigenvalue weighted by molar-refractivity contribution is 8.27. The van der Waals surface area contributed by atoms with E-state index in [1.807, 2.05) is 31.2 Å². The Morgan fingerprint density at radius 1 is 1.20 bits per heavy atom. The molecule has 0 bridgehead atoms. The number of carbonyl (C=O) groups is 2. The van der Waals surface area contributed by atoms with Gasteiger partial charge in [0.15, 0.2) is 4.32 Å². The van der Waals surface area contributed by atoms with E-state index in [1.54, 1.807) is 24.3 Å². The molecule has 0 saturated carbocycles. The van der Waals surface area contributed by atoms with Gasteiger partial charge in [-0.05, 0) is 42.8 Å². The van der Waals surface area contributed by atoms with E-state index in [4.69, 9.17) is 33.3 Å². The van der Waals surface area contributed by atoms with Gasteiger partial charge >= 0.3 is 5.97 Å². The molecule has 2 heterocycles. The zero-order valence-electron chi connectivity index (χ0n) is 15.6. The van der Waals surface area contributed by atoms with Gasteiger partial charge < -0.3 is 9.52 Å². The second kappa shape index (κ2) is 8.10. The first-order chi connectivity index (χ1) is 14.3. The van der Waals surface area contributed by atoms with Gasteiger partial charge in [-0.3, -0.25) is 9.69 Å². The molecule has 0 atom stereocenters. The van der Waals surface area contributed by atoms with Crippen LogP contribution in [0.2, 0.25) is 5.02 Å². The van der Waals surface area contributed by atoms with Gasteiger partial charge in [0, 0.05) is 11.6 Å². The molecule has 1 aliphatic heterocycles. The number of benzene rings is 2. The fourth-order valence-corrected chi connectivity index (χ4v) is 4.57. The Hall–Kier alpha value is -2.87. The number of para-hydroxylation sites is 1. The molecule has 8 heteroatoms. The van der Waals surface area contributed by atoms with Crippen molar-refractivity contribution in [2.75, 3.05) is 4.90 Å². The van der Waals surface area contributed by atoms with Crippen LogP contribution in [0.3, 0.4) is 0 Å². The van der Waals surface area contributed by atoms with E-state index in [9.17, 15) is 9.59 Å². The molecule has 1 amide bonds. The van der Waals surface area contributed by atoms with E-state index >= 15 is 0 Å². The van der Waals surface area contributed by atoms with Crippen molar-refractivity contribution in [2.45, 2.75) is 6.92 Å². The van der Waals surface area contributed by atoms with Crippen LogP contribution in [0.25, 0.3) is 17.4 Å². The number of hydrogen-bond acceptors (Lipinski definition) is 5. The van der Waals surface area contributed by atoms with Crippen LogP contribution >= 0.6 is 35.6 Å². The minimum absolute atomic E-state index is 0.0204. The number of anilines is 1. The summed E-state index contributed by atoms with van der Waals surface area (Å²) >= 11 is 12.7. The molecule has 30 heavy (non-hydrogen) atoms. The molecular formula is C22H14ClNO4S2. The van der Waals surface area contributed by atoms with Crippen LogP contribution in [0.1, 0.15) is 21.7 Å². The molecule has 1 aliphatic rings. The third-order valence-electron chi connectivity index (χ3n) is 4.53. The molecule has 1 N–H and O–H groups in total. The minimum Gasteiger partial charge on any atom is -0.478 e. The van der Waals surface area contributed by atoms with Crippen molar-refractivity contribution in [3.05, 3.63) is 81.4 Å². The van der Waals surface area contributed by atoms with Gasteiger partial charge in [0.25, 0.3) is 5.91 Å². The standard InChI is InChI=1S/C22H14ClNO4S2/c1-12-4-2-3-5-17(12)24-20(25)19(30-22(24)29)11-14-7-9-18(28-14)13-6-8-15(21(26)27)16(23)10-13/h2-11H,1H3,(H,26,27)/b19-11-. The molecular weight excluding hydrogens is 442 g/mol. The lowest BCUT2D eigenvalue weighted by Crippen LogP contribution is -2.28. The highest BCUT2D eigenvalue weighted by Crippen LogP contribution is 2.38. The van der Waals surface area contributed by atoms with E-state index in [0.29, 0.717) is 26.3 Å². The third kappa shape index (κ3) is 3.79. The summed E-state index contributed by atoms with van der Waals surface area (Å²) in [6, 6.07) is 15.6. The van der Waals surface area contributed by atoms with Crippen LogP contribution in [0.15, 0.2) is 63.9 Å². The third-order valence-corrected chi connectivity index (χ3v) is 6.15. The number of thiocarbonyl (C=S) groups is 1. The number of thioether (sulfide) groups is 1. The summed E-state index contributed by atoms with van der Waals surface area (Å²) < 4.78 is 6.29. The van der Waals surface area contributed by atoms with Crippen LogP contribution < -0.4 is 4.90 Å². The Kier molecular flexibility index (Phi) is 5.51. The Morgan fingerprint density at radius 2 is 1.97 bits per heavy atom. The van der Waals surface area contributed by atoms with Gasteiger partial charge in [0.2, 0.25) is 0 Å². The maximum Gasteiger partial charge on any atom is 0.337 e. The number of aromatic carboxylic acids is 1. The number of carboxylic acids is 1. The maximum atomic E-state index is 12.9. The summed E-state index contributed by atoms with van der Waals surface area (Å²) in [5.74, 6) is -0.309. The van der Waals surface area contributed by atoms with Crippen molar-refractivity contribution < 1.29 is 19.1 Å².